The van der Waals surface area contributed by atoms with Crippen LogP contribution in [0.4, 0.5) is 0 Å². The monoisotopic (exact) mass is 242 g/mol. The van der Waals surface area contributed by atoms with Gasteiger partial charge in [0.2, 0.25) is 5.91 Å². The second-order valence-corrected chi connectivity index (χ2v) is 4.94. The second-order valence-electron chi connectivity index (χ2n) is 4.94. The van der Waals surface area contributed by atoms with Gasteiger partial charge < -0.3 is 15.7 Å². The molecule has 0 radical (unpaired) electrons. The third-order valence-corrected chi connectivity index (χ3v) is 3.24. The average Bonchev–Trinajstić information content (AvgIpc) is 2.26. The number of nitrogens with two attached hydrogens (primary N) is 1. The highest BCUT2D eigenvalue weighted by Crippen LogP contribution is 2.21. The van der Waals surface area contributed by atoms with Crippen molar-refractivity contribution in [1.82, 2.24) is 4.90 Å². The smallest absolute Gasteiger partial charge is 0.303 e. The van der Waals surface area contributed by atoms with Crippen LogP contribution in [0.5, 0.6) is 0 Å². The van der Waals surface area contributed by atoms with Gasteiger partial charge in [-0.25, -0.2) is 0 Å². The zero-order chi connectivity index (χ0) is 12.8. The number of rotatable bonds is 5. The van der Waals surface area contributed by atoms with Crippen molar-refractivity contribution >= 4 is 11.9 Å². The fourth-order valence-corrected chi connectivity index (χ4v) is 2.14. The molecule has 1 heterocycles. The number of piperidine rings is 1. The summed E-state index contributed by atoms with van der Waals surface area (Å²) in [5, 5.41) is 8.69. The molecule has 98 valence electrons. The Bertz CT molecular complexity index is 271. The Kier molecular flexibility index (Phi) is 5.41. The first-order chi connectivity index (χ1) is 7.99. The van der Waals surface area contributed by atoms with E-state index in [1.54, 1.807) is 0 Å². The lowest BCUT2D eigenvalue weighted by Crippen LogP contribution is -2.39. The van der Waals surface area contributed by atoms with Crippen molar-refractivity contribution in [3.05, 3.63) is 0 Å². The van der Waals surface area contributed by atoms with Crippen LogP contribution < -0.4 is 5.73 Å². The number of likely N-dealkylation sites (tertiary alicyclic amines) is 1. The number of carboxylic acids is 1. The molecule has 1 rings (SSSR count). The molecule has 5 nitrogen and oxygen atoms in total. The van der Waals surface area contributed by atoms with Crippen molar-refractivity contribution < 1.29 is 14.7 Å². The van der Waals surface area contributed by atoms with Crippen molar-refractivity contribution in [2.75, 3.05) is 13.1 Å². The standard InChI is InChI=1S/C12H22N2O3/c1-9(13)2-3-11(15)14-6-4-10(5-7-14)8-12(16)17/h9-10H,2-8,13H2,1H3,(H,16,17). The van der Waals surface area contributed by atoms with Gasteiger partial charge in [-0.1, -0.05) is 0 Å². The summed E-state index contributed by atoms with van der Waals surface area (Å²) in [6.45, 7) is 3.28. The number of hydrogen-bond acceptors (Lipinski definition) is 3. The minimum absolute atomic E-state index is 0.0588. The first-order valence-corrected chi connectivity index (χ1v) is 6.24. The van der Waals surface area contributed by atoms with E-state index in [1.165, 1.54) is 0 Å². The van der Waals surface area contributed by atoms with E-state index in [0.717, 1.165) is 12.8 Å². The van der Waals surface area contributed by atoms with Crippen LogP contribution in [0.2, 0.25) is 0 Å². The summed E-state index contributed by atoms with van der Waals surface area (Å²) >= 11 is 0. The molecule has 0 aromatic carbocycles. The summed E-state index contributed by atoms with van der Waals surface area (Å²) < 4.78 is 0. The Morgan fingerprint density at radius 2 is 2.00 bits per heavy atom. The number of aliphatic carboxylic acids is 1. The van der Waals surface area contributed by atoms with Crippen LogP contribution in [-0.2, 0) is 9.59 Å². The van der Waals surface area contributed by atoms with E-state index in [0.29, 0.717) is 25.9 Å². The van der Waals surface area contributed by atoms with Crippen molar-refractivity contribution in [3.8, 4) is 0 Å². The zero-order valence-corrected chi connectivity index (χ0v) is 10.4. The summed E-state index contributed by atoms with van der Waals surface area (Å²) in [6, 6.07) is 0.0588. The van der Waals surface area contributed by atoms with E-state index in [4.69, 9.17) is 10.8 Å². The van der Waals surface area contributed by atoms with Crippen molar-refractivity contribution in [3.63, 3.8) is 0 Å². The Labute approximate surface area is 102 Å². The van der Waals surface area contributed by atoms with Gasteiger partial charge in [-0.05, 0) is 32.1 Å². The fourth-order valence-electron chi connectivity index (χ4n) is 2.14. The van der Waals surface area contributed by atoms with Gasteiger partial charge in [-0.15, -0.1) is 0 Å². The highest BCUT2D eigenvalue weighted by Gasteiger charge is 2.23. The summed E-state index contributed by atoms with van der Waals surface area (Å²) in [5.74, 6) is -0.368. The van der Waals surface area contributed by atoms with Gasteiger partial charge in [0.05, 0.1) is 0 Å². The van der Waals surface area contributed by atoms with Crippen LogP contribution in [-0.4, -0.2) is 41.0 Å². The Balaban J connectivity index is 2.26. The predicted molar refractivity (Wildman–Crippen MR) is 64.4 cm³/mol. The molecular weight excluding hydrogens is 220 g/mol. The van der Waals surface area contributed by atoms with E-state index < -0.39 is 5.97 Å². The Morgan fingerprint density at radius 1 is 1.41 bits per heavy atom. The molecule has 0 saturated carbocycles. The summed E-state index contributed by atoms with van der Waals surface area (Å²) in [7, 11) is 0. The molecule has 1 unspecified atom stereocenters. The number of hydrogen-bond donors (Lipinski definition) is 2. The second kappa shape index (κ2) is 6.59. The lowest BCUT2D eigenvalue weighted by molar-refractivity contribution is -0.138. The summed E-state index contributed by atoms with van der Waals surface area (Å²) in [6.07, 6.45) is 3.05. The van der Waals surface area contributed by atoms with Crippen LogP contribution in [0, 0.1) is 5.92 Å². The van der Waals surface area contributed by atoms with Crippen LogP contribution in [0.25, 0.3) is 0 Å². The maximum atomic E-state index is 11.8. The van der Waals surface area contributed by atoms with Gasteiger partial charge in [-0.3, -0.25) is 9.59 Å². The van der Waals surface area contributed by atoms with E-state index >= 15 is 0 Å². The number of carbonyl (C=O) groups is 2. The zero-order valence-electron chi connectivity index (χ0n) is 10.4. The molecule has 0 bridgehead atoms. The third-order valence-electron chi connectivity index (χ3n) is 3.24. The maximum absolute atomic E-state index is 11.8. The predicted octanol–water partition coefficient (Wildman–Crippen LogP) is 0.827. The molecule has 1 fully saturated rings. The molecule has 0 aromatic heterocycles. The average molecular weight is 242 g/mol. The molecule has 0 aliphatic carbocycles. The van der Waals surface area contributed by atoms with Crippen molar-refractivity contribution in [2.24, 2.45) is 11.7 Å². The van der Waals surface area contributed by atoms with Gasteiger partial charge in [0, 0.05) is 32.0 Å². The van der Waals surface area contributed by atoms with E-state index in [-0.39, 0.29) is 24.3 Å². The molecule has 17 heavy (non-hydrogen) atoms. The molecule has 1 aliphatic rings. The summed E-state index contributed by atoms with van der Waals surface area (Å²) in [4.78, 5) is 24.2. The normalized spacial score (nSPS) is 19.1. The molecule has 0 spiro atoms. The highest BCUT2D eigenvalue weighted by molar-refractivity contribution is 5.76. The van der Waals surface area contributed by atoms with Gasteiger partial charge in [0.1, 0.15) is 0 Å². The Morgan fingerprint density at radius 3 is 2.47 bits per heavy atom. The van der Waals surface area contributed by atoms with E-state index in [1.807, 2.05) is 11.8 Å². The molecule has 1 aliphatic heterocycles. The van der Waals surface area contributed by atoms with E-state index in [2.05, 4.69) is 0 Å². The molecular formula is C12H22N2O3. The molecule has 5 heteroatoms. The van der Waals surface area contributed by atoms with Crippen LogP contribution in [0.1, 0.15) is 39.0 Å². The molecule has 1 saturated heterocycles. The lowest BCUT2D eigenvalue weighted by Gasteiger charge is -2.31. The van der Waals surface area contributed by atoms with Crippen LogP contribution in [0.15, 0.2) is 0 Å². The van der Waals surface area contributed by atoms with Crippen molar-refractivity contribution in [2.45, 2.75) is 45.1 Å². The summed E-state index contributed by atoms with van der Waals surface area (Å²) in [5.41, 5.74) is 5.61. The van der Waals surface area contributed by atoms with Crippen LogP contribution >= 0.6 is 0 Å². The molecule has 1 amide bonds. The fraction of sp³-hybridized carbons (Fsp3) is 0.833. The van der Waals surface area contributed by atoms with Gasteiger partial charge in [0.15, 0.2) is 0 Å². The SMILES string of the molecule is CC(N)CCC(=O)N1CCC(CC(=O)O)CC1. The first kappa shape index (κ1) is 14.0. The molecule has 3 N–H and O–H groups in total. The maximum Gasteiger partial charge on any atom is 0.303 e. The highest BCUT2D eigenvalue weighted by atomic mass is 16.4. The minimum Gasteiger partial charge on any atom is -0.481 e. The quantitative estimate of drug-likeness (QED) is 0.748. The topological polar surface area (TPSA) is 83.6 Å². The third kappa shape index (κ3) is 5.17. The molecule has 1 atom stereocenters. The number of carbonyl (C=O) groups excluding carboxylic acids is 1. The number of carboxylic acid groups (broad SMARTS) is 1. The largest absolute Gasteiger partial charge is 0.481 e. The van der Waals surface area contributed by atoms with Crippen molar-refractivity contribution in [1.29, 1.82) is 0 Å². The number of nitrogens with zero attached hydrogens (tertiary/aromatic N) is 1. The van der Waals surface area contributed by atoms with E-state index in [9.17, 15) is 9.59 Å². The lowest BCUT2D eigenvalue weighted by atomic mass is 9.93. The Hall–Kier alpha value is -1.10. The van der Waals surface area contributed by atoms with Gasteiger partial charge in [-0.2, -0.15) is 0 Å². The van der Waals surface area contributed by atoms with Gasteiger partial charge in [0.25, 0.3) is 0 Å². The van der Waals surface area contributed by atoms with Gasteiger partial charge >= 0.3 is 5.97 Å². The number of amides is 1. The minimum atomic E-state index is -0.744. The van der Waals surface area contributed by atoms with Crippen LogP contribution in [0.3, 0.4) is 0 Å². The molecule has 0 aromatic rings. The first-order valence-electron chi connectivity index (χ1n) is 6.24.